The van der Waals surface area contributed by atoms with Crippen molar-refractivity contribution in [1.29, 1.82) is 0 Å². The SMILES string of the molecule is CC(C)(C)C1C=CC(c2nnc(-c3ccc(-c4ccccc4)cc3)n2-c2ccccc2)=CC1. The van der Waals surface area contributed by atoms with E-state index in [1.54, 1.807) is 0 Å². The molecule has 0 N–H and O–H groups in total. The fraction of sp³-hybridized carbons (Fsp3) is 0.200. The molecule has 5 rings (SSSR count). The van der Waals surface area contributed by atoms with E-state index in [2.05, 4.69) is 127 Å². The molecule has 1 heterocycles. The Labute approximate surface area is 196 Å². The van der Waals surface area contributed by atoms with Gasteiger partial charge in [-0.3, -0.25) is 4.57 Å². The fourth-order valence-electron chi connectivity index (χ4n) is 4.35. The second-order valence-electron chi connectivity index (χ2n) is 9.69. The summed E-state index contributed by atoms with van der Waals surface area (Å²) in [6, 6.07) is 29.4. The first-order chi connectivity index (χ1) is 16.0. The van der Waals surface area contributed by atoms with Crippen molar-refractivity contribution >= 4 is 5.57 Å². The monoisotopic (exact) mass is 431 g/mol. The van der Waals surface area contributed by atoms with E-state index in [1.165, 1.54) is 11.1 Å². The predicted molar refractivity (Wildman–Crippen MR) is 137 cm³/mol. The van der Waals surface area contributed by atoms with E-state index >= 15 is 0 Å². The van der Waals surface area contributed by atoms with Gasteiger partial charge in [-0.25, -0.2) is 0 Å². The minimum atomic E-state index is 0.247. The number of nitrogens with zero attached hydrogens (tertiary/aromatic N) is 3. The molecule has 3 heteroatoms. The van der Waals surface area contributed by atoms with Crippen LogP contribution in [0.4, 0.5) is 0 Å². The van der Waals surface area contributed by atoms with Crippen molar-refractivity contribution in [3.05, 3.63) is 109 Å². The molecule has 1 atom stereocenters. The zero-order valence-corrected chi connectivity index (χ0v) is 19.4. The molecule has 1 unspecified atom stereocenters. The number of hydrogen-bond acceptors (Lipinski definition) is 2. The highest BCUT2D eigenvalue weighted by molar-refractivity contribution is 5.75. The van der Waals surface area contributed by atoms with Crippen LogP contribution in [0.5, 0.6) is 0 Å². The van der Waals surface area contributed by atoms with Crippen molar-refractivity contribution in [2.75, 3.05) is 0 Å². The molecule has 0 radical (unpaired) electrons. The lowest BCUT2D eigenvalue weighted by Gasteiger charge is -2.29. The van der Waals surface area contributed by atoms with Crippen molar-refractivity contribution in [3.63, 3.8) is 0 Å². The molecule has 1 aromatic heterocycles. The molecule has 4 aromatic rings. The quantitative estimate of drug-likeness (QED) is 0.333. The minimum Gasteiger partial charge on any atom is -0.275 e. The van der Waals surface area contributed by atoms with E-state index < -0.39 is 0 Å². The molecule has 0 spiro atoms. The van der Waals surface area contributed by atoms with E-state index in [0.717, 1.165) is 34.9 Å². The number of rotatable bonds is 4. The third-order valence-corrected chi connectivity index (χ3v) is 6.40. The van der Waals surface area contributed by atoms with Crippen LogP contribution >= 0.6 is 0 Å². The van der Waals surface area contributed by atoms with Crippen LogP contribution < -0.4 is 0 Å². The predicted octanol–water partition coefficient (Wildman–Crippen LogP) is 7.61. The largest absolute Gasteiger partial charge is 0.275 e. The topological polar surface area (TPSA) is 30.7 Å². The highest BCUT2D eigenvalue weighted by atomic mass is 15.3. The molecule has 1 aliphatic carbocycles. The molecule has 0 amide bonds. The van der Waals surface area contributed by atoms with Crippen LogP contribution in [0.1, 0.15) is 33.0 Å². The summed E-state index contributed by atoms with van der Waals surface area (Å²) >= 11 is 0. The Morgan fingerprint density at radius 1 is 0.697 bits per heavy atom. The van der Waals surface area contributed by atoms with Crippen molar-refractivity contribution in [1.82, 2.24) is 14.8 Å². The molecule has 0 bridgehead atoms. The molecular formula is C30H29N3. The standard InChI is InChI=1S/C30H29N3/c1-30(2,3)26-20-18-25(19-21-26)29-32-31-28(33(29)27-12-8-5-9-13-27)24-16-14-23(15-17-24)22-10-6-4-7-11-22/h4-20,26H,21H2,1-3H3. The Hall–Kier alpha value is -3.72. The summed E-state index contributed by atoms with van der Waals surface area (Å²) in [5, 5.41) is 9.30. The number of benzene rings is 3. The van der Waals surface area contributed by atoms with Crippen molar-refractivity contribution in [3.8, 4) is 28.2 Å². The molecule has 33 heavy (non-hydrogen) atoms. The maximum atomic E-state index is 4.65. The third-order valence-electron chi connectivity index (χ3n) is 6.40. The van der Waals surface area contributed by atoms with Crippen LogP contribution in [-0.4, -0.2) is 14.8 Å². The Morgan fingerprint density at radius 2 is 1.27 bits per heavy atom. The van der Waals surface area contributed by atoms with E-state index in [-0.39, 0.29) is 5.41 Å². The van der Waals surface area contributed by atoms with Crippen LogP contribution in [-0.2, 0) is 0 Å². The minimum absolute atomic E-state index is 0.247. The van der Waals surface area contributed by atoms with Gasteiger partial charge in [-0.1, -0.05) is 112 Å². The zero-order valence-electron chi connectivity index (χ0n) is 19.4. The lowest BCUT2D eigenvalue weighted by molar-refractivity contribution is 0.294. The maximum Gasteiger partial charge on any atom is 0.168 e. The van der Waals surface area contributed by atoms with Gasteiger partial charge in [0.15, 0.2) is 11.6 Å². The van der Waals surface area contributed by atoms with Gasteiger partial charge in [0, 0.05) is 16.8 Å². The molecule has 164 valence electrons. The first-order valence-electron chi connectivity index (χ1n) is 11.6. The first-order valence-corrected chi connectivity index (χ1v) is 11.6. The lowest BCUT2D eigenvalue weighted by Crippen LogP contribution is -2.19. The summed E-state index contributed by atoms with van der Waals surface area (Å²) in [7, 11) is 0. The molecule has 0 fully saturated rings. The Bertz CT molecular complexity index is 1290. The van der Waals surface area contributed by atoms with E-state index in [9.17, 15) is 0 Å². The van der Waals surface area contributed by atoms with Gasteiger partial charge >= 0.3 is 0 Å². The summed E-state index contributed by atoms with van der Waals surface area (Å²) < 4.78 is 2.17. The van der Waals surface area contributed by atoms with Gasteiger partial charge in [-0.15, -0.1) is 10.2 Å². The van der Waals surface area contributed by atoms with Gasteiger partial charge < -0.3 is 0 Å². The summed E-state index contributed by atoms with van der Waals surface area (Å²) in [6.07, 6.45) is 7.86. The number of hydrogen-bond donors (Lipinski definition) is 0. The zero-order chi connectivity index (χ0) is 22.8. The Kier molecular flexibility index (Phi) is 5.55. The molecular weight excluding hydrogens is 402 g/mol. The molecule has 3 nitrogen and oxygen atoms in total. The normalized spacial score (nSPS) is 16.0. The van der Waals surface area contributed by atoms with Crippen LogP contribution in [0.3, 0.4) is 0 Å². The van der Waals surface area contributed by atoms with Crippen LogP contribution in [0.25, 0.3) is 33.8 Å². The molecule has 0 saturated heterocycles. The third kappa shape index (κ3) is 4.31. The number of allylic oxidation sites excluding steroid dienone is 4. The summed E-state index contributed by atoms with van der Waals surface area (Å²) in [4.78, 5) is 0. The first kappa shape index (κ1) is 21.1. The number of para-hydroxylation sites is 1. The Balaban J connectivity index is 1.55. The van der Waals surface area contributed by atoms with E-state index in [1.807, 2.05) is 12.1 Å². The summed E-state index contributed by atoms with van der Waals surface area (Å²) in [5.74, 6) is 2.26. The van der Waals surface area contributed by atoms with Crippen molar-refractivity contribution in [2.24, 2.45) is 11.3 Å². The second kappa shape index (κ2) is 8.67. The van der Waals surface area contributed by atoms with Crippen molar-refractivity contribution < 1.29 is 0 Å². The summed E-state index contributed by atoms with van der Waals surface area (Å²) in [5.41, 5.74) is 5.88. The van der Waals surface area contributed by atoms with E-state index in [4.69, 9.17) is 0 Å². The van der Waals surface area contributed by atoms with Crippen LogP contribution in [0, 0.1) is 11.3 Å². The Morgan fingerprint density at radius 3 is 1.88 bits per heavy atom. The maximum absolute atomic E-state index is 4.65. The van der Waals surface area contributed by atoms with E-state index in [0.29, 0.717) is 5.92 Å². The smallest absolute Gasteiger partial charge is 0.168 e. The lowest BCUT2D eigenvalue weighted by atomic mass is 9.76. The molecule has 1 aliphatic rings. The second-order valence-corrected chi connectivity index (χ2v) is 9.69. The molecule has 0 aliphatic heterocycles. The van der Waals surface area contributed by atoms with Gasteiger partial charge in [0.05, 0.1) is 0 Å². The van der Waals surface area contributed by atoms with Crippen molar-refractivity contribution in [2.45, 2.75) is 27.2 Å². The summed E-state index contributed by atoms with van der Waals surface area (Å²) in [6.45, 7) is 6.89. The average Bonchev–Trinajstić information content (AvgIpc) is 3.30. The molecule has 3 aromatic carbocycles. The van der Waals surface area contributed by atoms with Gasteiger partial charge in [-0.05, 0) is 41.0 Å². The highest BCUT2D eigenvalue weighted by Gasteiger charge is 2.25. The molecule has 0 saturated carbocycles. The van der Waals surface area contributed by atoms with Crippen LogP contribution in [0.2, 0.25) is 0 Å². The highest BCUT2D eigenvalue weighted by Crippen LogP contribution is 2.36. The van der Waals surface area contributed by atoms with Gasteiger partial charge in [-0.2, -0.15) is 0 Å². The number of aromatic nitrogens is 3. The average molecular weight is 432 g/mol. The van der Waals surface area contributed by atoms with Crippen LogP contribution in [0.15, 0.2) is 103 Å². The van der Waals surface area contributed by atoms with Gasteiger partial charge in [0.25, 0.3) is 0 Å². The van der Waals surface area contributed by atoms with Gasteiger partial charge in [0.1, 0.15) is 0 Å². The fourth-order valence-corrected chi connectivity index (χ4v) is 4.35. The van der Waals surface area contributed by atoms with Gasteiger partial charge in [0.2, 0.25) is 0 Å².